The van der Waals surface area contributed by atoms with Gasteiger partial charge in [0.1, 0.15) is 0 Å². The molecule has 0 fully saturated rings. The van der Waals surface area contributed by atoms with Gasteiger partial charge in [0.05, 0.1) is 21.5 Å². The molecule has 0 saturated heterocycles. The molecule has 0 heterocycles. The van der Waals surface area contributed by atoms with Crippen LogP contribution in [0.15, 0.2) is 71.6 Å². The van der Waals surface area contributed by atoms with Crippen LogP contribution in [-0.4, -0.2) is 33.1 Å². The number of Topliss-reactive ketones (excluding diaryl/α,β-unsaturated/α-hetero) is 1. The van der Waals surface area contributed by atoms with Gasteiger partial charge in [-0.15, -0.1) is 11.8 Å². The van der Waals surface area contributed by atoms with Crippen LogP contribution in [0.4, 0.5) is 17.1 Å². The fraction of sp³-hybridized carbons (Fsp3) is 0.120. The third-order valence-electron chi connectivity index (χ3n) is 4.79. The molecule has 0 aliphatic carbocycles. The third kappa shape index (κ3) is 7.54. The number of thiocarbonyl (C=S) groups is 1. The molecule has 7 nitrogen and oxygen atoms in total. The number of carboxylic acids is 1. The van der Waals surface area contributed by atoms with E-state index >= 15 is 0 Å². The number of thioether (sulfide) groups is 1. The molecule has 180 valence electrons. The largest absolute Gasteiger partial charge is 0.478 e. The Bertz CT molecular complexity index is 1280. The van der Waals surface area contributed by atoms with E-state index in [-0.39, 0.29) is 28.0 Å². The zero-order valence-corrected chi connectivity index (χ0v) is 21.2. The van der Waals surface area contributed by atoms with Crippen molar-refractivity contribution in [1.29, 1.82) is 0 Å². The summed E-state index contributed by atoms with van der Waals surface area (Å²) in [6.07, 6.45) is 0. The number of nitrogens with one attached hydrogen (secondary N) is 3. The molecule has 10 heteroatoms. The maximum absolute atomic E-state index is 12.7. The maximum Gasteiger partial charge on any atom is 0.335 e. The smallest absolute Gasteiger partial charge is 0.335 e. The summed E-state index contributed by atoms with van der Waals surface area (Å²) in [5.41, 5.74) is 2.37. The summed E-state index contributed by atoms with van der Waals surface area (Å²) in [7, 11) is 0. The highest BCUT2D eigenvalue weighted by atomic mass is 35.5. The Balaban J connectivity index is 1.59. The monoisotopic (exact) mass is 527 g/mol. The summed E-state index contributed by atoms with van der Waals surface area (Å²) in [5, 5.41) is 18.1. The van der Waals surface area contributed by atoms with E-state index < -0.39 is 11.2 Å². The highest BCUT2D eigenvalue weighted by Crippen LogP contribution is 2.28. The predicted octanol–water partition coefficient (Wildman–Crippen LogP) is 6.17. The van der Waals surface area contributed by atoms with Crippen molar-refractivity contribution in [3.8, 4) is 0 Å². The lowest BCUT2D eigenvalue weighted by Crippen LogP contribution is -2.22. The van der Waals surface area contributed by atoms with Gasteiger partial charge in [-0.1, -0.05) is 17.7 Å². The van der Waals surface area contributed by atoms with Gasteiger partial charge in [0, 0.05) is 21.8 Å². The van der Waals surface area contributed by atoms with Gasteiger partial charge < -0.3 is 21.1 Å². The molecular formula is C25H22ClN3O4S2. The van der Waals surface area contributed by atoms with E-state index in [1.54, 1.807) is 31.2 Å². The second kappa shape index (κ2) is 11.8. The molecule has 3 rings (SSSR count). The first-order valence-electron chi connectivity index (χ1n) is 10.4. The van der Waals surface area contributed by atoms with Crippen LogP contribution in [0, 0.1) is 0 Å². The van der Waals surface area contributed by atoms with Gasteiger partial charge in [-0.05, 0) is 86.7 Å². The second-order valence-corrected chi connectivity index (χ2v) is 9.72. The fourth-order valence-corrected chi connectivity index (χ4v) is 4.30. The van der Waals surface area contributed by atoms with E-state index in [9.17, 15) is 14.4 Å². The number of carbonyl (C=O) groups is 3. The number of halogens is 1. The highest BCUT2D eigenvalue weighted by molar-refractivity contribution is 8.00. The molecule has 3 aromatic carbocycles. The van der Waals surface area contributed by atoms with Crippen molar-refractivity contribution in [1.82, 2.24) is 0 Å². The van der Waals surface area contributed by atoms with Gasteiger partial charge in [-0.25, -0.2) is 4.79 Å². The number of carboxylic acid groups (broad SMARTS) is 1. The summed E-state index contributed by atoms with van der Waals surface area (Å²) < 4.78 is 0. The number of aromatic carboxylic acids is 1. The van der Waals surface area contributed by atoms with E-state index in [1.807, 2.05) is 24.3 Å². The molecule has 0 bridgehead atoms. The Morgan fingerprint density at radius 2 is 1.57 bits per heavy atom. The molecule has 0 saturated carbocycles. The molecule has 1 amide bonds. The molecule has 0 spiro atoms. The summed E-state index contributed by atoms with van der Waals surface area (Å²) in [4.78, 5) is 36.1. The zero-order valence-electron chi connectivity index (χ0n) is 18.8. The van der Waals surface area contributed by atoms with Gasteiger partial charge in [-0.3, -0.25) is 9.59 Å². The van der Waals surface area contributed by atoms with Crippen molar-refractivity contribution in [2.75, 3.05) is 16.0 Å². The molecular weight excluding hydrogens is 506 g/mol. The topological polar surface area (TPSA) is 108 Å². The molecule has 0 radical (unpaired) electrons. The predicted molar refractivity (Wildman–Crippen MR) is 145 cm³/mol. The minimum atomic E-state index is -1.11. The first kappa shape index (κ1) is 26.2. The third-order valence-corrected chi connectivity index (χ3v) is 6.42. The Hall–Kier alpha value is -3.40. The molecule has 1 unspecified atom stereocenters. The van der Waals surface area contributed by atoms with E-state index in [0.717, 1.165) is 16.3 Å². The van der Waals surface area contributed by atoms with Gasteiger partial charge in [0.25, 0.3) is 0 Å². The normalized spacial score (nSPS) is 11.3. The van der Waals surface area contributed by atoms with Crippen LogP contribution in [0.5, 0.6) is 0 Å². The van der Waals surface area contributed by atoms with Gasteiger partial charge in [-0.2, -0.15) is 0 Å². The van der Waals surface area contributed by atoms with E-state index in [0.29, 0.717) is 10.7 Å². The van der Waals surface area contributed by atoms with Crippen molar-refractivity contribution in [2.24, 2.45) is 0 Å². The van der Waals surface area contributed by atoms with Crippen molar-refractivity contribution in [2.45, 2.75) is 24.0 Å². The van der Waals surface area contributed by atoms with Crippen LogP contribution in [0.3, 0.4) is 0 Å². The molecule has 4 N–H and O–H groups in total. The minimum absolute atomic E-state index is 0.00801. The van der Waals surface area contributed by atoms with E-state index in [1.165, 1.54) is 36.9 Å². The van der Waals surface area contributed by atoms with Crippen molar-refractivity contribution >= 4 is 75.4 Å². The van der Waals surface area contributed by atoms with Crippen molar-refractivity contribution in [3.63, 3.8) is 0 Å². The Kier molecular flexibility index (Phi) is 8.86. The maximum atomic E-state index is 12.7. The molecule has 0 aromatic heterocycles. The molecule has 1 atom stereocenters. The fourth-order valence-electron chi connectivity index (χ4n) is 2.97. The SMILES string of the molecule is CC(=O)c1ccc(NC(=S)Nc2cccc(SC(C)C(=O)Nc3cc(C(=O)O)ccc3Cl)c2)cc1. The lowest BCUT2D eigenvalue weighted by molar-refractivity contribution is -0.115. The number of carbonyl (C=O) groups excluding carboxylic acids is 2. The average Bonchev–Trinajstić information content (AvgIpc) is 2.80. The van der Waals surface area contributed by atoms with Gasteiger partial charge >= 0.3 is 5.97 Å². The first-order chi connectivity index (χ1) is 16.6. The van der Waals surface area contributed by atoms with Crippen LogP contribution in [-0.2, 0) is 4.79 Å². The summed E-state index contributed by atoms with van der Waals surface area (Å²) in [5.74, 6) is -1.43. The number of anilines is 3. The summed E-state index contributed by atoms with van der Waals surface area (Å²) in [6, 6.07) is 18.5. The second-order valence-electron chi connectivity index (χ2n) is 7.49. The van der Waals surface area contributed by atoms with Crippen LogP contribution < -0.4 is 16.0 Å². The van der Waals surface area contributed by atoms with Crippen LogP contribution in [0.2, 0.25) is 5.02 Å². The van der Waals surface area contributed by atoms with Gasteiger partial charge in [0.15, 0.2) is 10.9 Å². The van der Waals surface area contributed by atoms with E-state index in [4.69, 9.17) is 28.9 Å². The standard InChI is InChI=1S/C25H22ClN3O4S2/c1-14(30)16-6-9-18(10-7-16)27-25(34)28-19-4-3-5-20(13-19)35-15(2)23(31)29-22-12-17(24(32)33)8-11-21(22)26/h3-13,15H,1-2H3,(H,29,31)(H,32,33)(H2,27,28,34). The number of amides is 1. The summed E-state index contributed by atoms with van der Waals surface area (Å²) in [6.45, 7) is 3.25. The Morgan fingerprint density at radius 3 is 2.23 bits per heavy atom. The van der Waals surface area contributed by atoms with E-state index in [2.05, 4.69) is 16.0 Å². The number of rotatable bonds is 8. The Morgan fingerprint density at radius 1 is 0.914 bits per heavy atom. The molecule has 0 aliphatic heterocycles. The Labute approximate surface area is 217 Å². The molecule has 35 heavy (non-hydrogen) atoms. The highest BCUT2D eigenvalue weighted by Gasteiger charge is 2.17. The number of hydrogen-bond acceptors (Lipinski definition) is 5. The number of ketones is 1. The van der Waals surface area contributed by atoms with Crippen molar-refractivity contribution < 1.29 is 19.5 Å². The quantitative estimate of drug-likeness (QED) is 0.156. The van der Waals surface area contributed by atoms with Gasteiger partial charge in [0.2, 0.25) is 5.91 Å². The lowest BCUT2D eigenvalue weighted by atomic mass is 10.1. The summed E-state index contributed by atoms with van der Waals surface area (Å²) >= 11 is 12.8. The van der Waals surface area contributed by atoms with Crippen LogP contribution >= 0.6 is 35.6 Å². The molecule has 0 aliphatic rings. The minimum Gasteiger partial charge on any atom is -0.478 e. The first-order valence-corrected chi connectivity index (χ1v) is 12.1. The number of benzene rings is 3. The molecule has 3 aromatic rings. The van der Waals surface area contributed by atoms with Crippen molar-refractivity contribution in [3.05, 3.63) is 82.9 Å². The average molecular weight is 528 g/mol. The number of hydrogen-bond donors (Lipinski definition) is 4. The zero-order chi connectivity index (χ0) is 25.5. The van der Waals surface area contributed by atoms with Crippen LogP contribution in [0.1, 0.15) is 34.6 Å². The lowest BCUT2D eigenvalue weighted by Gasteiger charge is -2.15. The van der Waals surface area contributed by atoms with Crippen LogP contribution in [0.25, 0.3) is 0 Å².